The number of para-hydroxylation sites is 1. The SMILES string of the molecule is Oc1c(Br)cccc1-c1ccc(Cl)cc1F. The first-order chi connectivity index (χ1) is 7.59. The number of phenols is 1. The van der Waals surface area contributed by atoms with E-state index >= 15 is 0 Å². The maximum atomic E-state index is 13.6. The van der Waals surface area contributed by atoms with Gasteiger partial charge in [-0.25, -0.2) is 4.39 Å². The molecule has 0 spiro atoms. The smallest absolute Gasteiger partial charge is 0.137 e. The van der Waals surface area contributed by atoms with Crippen molar-refractivity contribution >= 4 is 27.5 Å². The fourth-order valence-corrected chi connectivity index (χ4v) is 1.97. The third-order valence-electron chi connectivity index (χ3n) is 2.21. The standard InChI is InChI=1S/C12H7BrClFO/c13-10-3-1-2-9(12(10)16)8-5-4-7(14)6-11(8)15/h1-6,16H. The van der Waals surface area contributed by atoms with Crippen molar-refractivity contribution < 1.29 is 9.50 Å². The molecular formula is C12H7BrClFO. The van der Waals surface area contributed by atoms with Crippen LogP contribution in [0.25, 0.3) is 11.1 Å². The topological polar surface area (TPSA) is 20.2 Å². The van der Waals surface area contributed by atoms with Crippen LogP contribution in [-0.4, -0.2) is 5.11 Å². The first-order valence-electron chi connectivity index (χ1n) is 4.52. The predicted octanol–water partition coefficient (Wildman–Crippen LogP) is 4.61. The molecule has 0 aliphatic carbocycles. The van der Waals surface area contributed by atoms with E-state index in [1.54, 1.807) is 30.3 Å². The van der Waals surface area contributed by atoms with Gasteiger partial charge >= 0.3 is 0 Å². The Balaban J connectivity index is 2.63. The molecule has 1 nitrogen and oxygen atoms in total. The molecule has 0 saturated heterocycles. The van der Waals surface area contributed by atoms with Gasteiger partial charge in [0.15, 0.2) is 0 Å². The van der Waals surface area contributed by atoms with Crippen LogP contribution in [0, 0.1) is 5.82 Å². The molecule has 2 aromatic carbocycles. The fourth-order valence-electron chi connectivity index (χ4n) is 1.44. The summed E-state index contributed by atoms with van der Waals surface area (Å²) in [5.41, 5.74) is 0.756. The Hall–Kier alpha value is -1.06. The highest BCUT2D eigenvalue weighted by molar-refractivity contribution is 9.10. The summed E-state index contributed by atoms with van der Waals surface area (Å²) in [5, 5.41) is 10.1. The molecule has 0 aromatic heterocycles. The molecule has 0 aliphatic heterocycles. The number of benzene rings is 2. The summed E-state index contributed by atoms with van der Waals surface area (Å²) in [6.45, 7) is 0. The van der Waals surface area contributed by atoms with Gasteiger partial charge < -0.3 is 5.11 Å². The van der Waals surface area contributed by atoms with Crippen molar-refractivity contribution in [1.29, 1.82) is 0 Å². The largest absolute Gasteiger partial charge is 0.506 e. The van der Waals surface area contributed by atoms with Crippen LogP contribution in [0.3, 0.4) is 0 Å². The van der Waals surface area contributed by atoms with Gasteiger partial charge in [-0.3, -0.25) is 0 Å². The number of halogens is 3. The summed E-state index contributed by atoms with van der Waals surface area (Å²) in [6.07, 6.45) is 0. The number of rotatable bonds is 1. The summed E-state index contributed by atoms with van der Waals surface area (Å²) in [4.78, 5) is 0. The molecule has 0 radical (unpaired) electrons. The van der Waals surface area contributed by atoms with Gasteiger partial charge in [-0.1, -0.05) is 23.7 Å². The van der Waals surface area contributed by atoms with Crippen LogP contribution < -0.4 is 0 Å². The van der Waals surface area contributed by atoms with E-state index in [1.165, 1.54) is 6.07 Å². The van der Waals surface area contributed by atoms with Crippen molar-refractivity contribution in [2.45, 2.75) is 0 Å². The zero-order valence-corrected chi connectivity index (χ0v) is 10.4. The molecule has 2 rings (SSSR count). The van der Waals surface area contributed by atoms with Gasteiger partial charge in [0.25, 0.3) is 0 Å². The third kappa shape index (κ3) is 2.06. The van der Waals surface area contributed by atoms with Crippen molar-refractivity contribution in [3.8, 4) is 16.9 Å². The minimum absolute atomic E-state index is 0.0173. The lowest BCUT2D eigenvalue weighted by Gasteiger charge is -2.07. The second-order valence-electron chi connectivity index (χ2n) is 3.26. The molecule has 4 heteroatoms. The van der Waals surface area contributed by atoms with E-state index in [-0.39, 0.29) is 5.75 Å². The van der Waals surface area contributed by atoms with Gasteiger partial charge in [-0.15, -0.1) is 0 Å². The Bertz CT molecular complexity index is 543. The van der Waals surface area contributed by atoms with Crippen molar-refractivity contribution in [3.05, 3.63) is 51.7 Å². The Labute approximate surface area is 106 Å². The zero-order chi connectivity index (χ0) is 11.7. The molecule has 0 saturated carbocycles. The van der Waals surface area contributed by atoms with E-state index in [2.05, 4.69) is 15.9 Å². The van der Waals surface area contributed by atoms with Crippen LogP contribution in [0.1, 0.15) is 0 Å². The number of hydrogen-bond acceptors (Lipinski definition) is 1. The monoisotopic (exact) mass is 300 g/mol. The maximum absolute atomic E-state index is 13.6. The highest BCUT2D eigenvalue weighted by Crippen LogP contribution is 2.36. The van der Waals surface area contributed by atoms with E-state index in [1.807, 2.05) is 0 Å². The Morgan fingerprint density at radius 1 is 1.12 bits per heavy atom. The lowest BCUT2D eigenvalue weighted by molar-refractivity contribution is 0.473. The van der Waals surface area contributed by atoms with Gasteiger partial charge in [0.05, 0.1) is 4.47 Å². The summed E-state index contributed by atoms with van der Waals surface area (Å²) >= 11 is 8.85. The van der Waals surface area contributed by atoms with E-state index in [9.17, 15) is 9.50 Å². The van der Waals surface area contributed by atoms with E-state index in [4.69, 9.17) is 11.6 Å². The first kappa shape index (κ1) is 11.4. The summed E-state index contributed by atoms with van der Waals surface area (Å²) < 4.78 is 14.2. The predicted molar refractivity (Wildman–Crippen MR) is 66.2 cm³/mol. The van der Waals surface area contributed by atoms with Crippen LogP contribution in [-0.2, 0) is 0 Å². The fraction of sp³-hybridized carbons (Fsp3) is 0. The molecule has 82 valence electrons. The molecule has 0 heterocycles. The first-order valence-corrected chi connectivity index (χ1v) is 5.69. The van der Waals surface area contributed by atoms with E-state index < -0.39 is 5.82 Å². The van der Waals surface area contributed by atoms with E-state index in [0.29, 0.717) is 20.6 Å². The highest BCUT2D eigenvalue weighted by atomic mass is 79.9. The molecule has 1 N–H and O–H groups in total. The minimum atomic E-state index is -0.457. The molecule has 0 aliphatic rings. The molecule has 0 fully saturated rings. The summed E-state index contributed by atoms with van der Waals surface area (Å²) in [7, 11) is 0. The molecule has 0 unspecified atom stereocenters. The minimum Gasteiger partial charge on any atom is -0.506 e. The van der Waals surface area contributed by atoms with E-state index in [0.717, 1.165) is 0 Å². The summed E-state index contributed by atoms with van der Waals surface area (Å²) in [6, 6.07) is 9.41. The molecule has 0 amide bonds. The van der Waals surface area contributed by atoms with Crippen LogP contribution in [0.4, 0.5) is 4.39 Å². The van der Waals surface area contributed by atoms with Crippen LogP contribution in [0.2, 0.25) is 5.02 Å². The molecule has 0 bridgehead atoms. The quantitative estimate of drug-likeness (QED) is 0.815. The van der Waals surface area contributed by atoms with Gasteiger partial charge in [0, 0.05) is 16.1 Å². The number of phenolic OH excluding ortho intramolecular Hbond substituents is 1. The normalized spacial score (nSPS) is 10.4. The second kappa shape index (κ2) is 4.44. The van der Waals surface area contributed by atoms with Crippen molar-refractivity contribution in [2.75, 3.05) is 0 Å². The maximum Gasteiger partial charge on any atom is 0.137 e. The third-order valence-corrected chi connectivity index (χ3v) is 3.08. The average molecular weight is 302 g/mol. The van der Waals surface area contributed by atoms with Gasteiger partial charge in [-0.2, -0.15) is 0 Å². The van der Waals surface area contributed by atoms with Crippen molar-refractivity contribution in [1.82, 2.24) is 0 Å². The van der Waals surface area contributed by atoms with Gasteiger partial charge in [-0.05, 0) is 40.2 Å². The Morgan fingerprint density at radius 2 is 1.88 bits per heavy atom. The average Bonchev–Trinajstić information content (AvgIpc) is 2.23. The molecule has 16 heavy (non-hydrogen) atoms. The lowest BCUT2D eigenvalue weighted by atomic mass is 10.0. The van der Waals surface area contributed by atoms with Crippen molar-refractivity contribution in [2.24, 2.45) is 0 Å². The summed E-state index contributed by atoms with van der Waals surface area (Å²) in [5.74, 6) is -0.440. The molecule has 2 aromatic rings. The highest BCUT2D eigenvalue weighted by Gasteiger charge is 2.11. The Morgan fingerprint density at radius 3 is 2.56 bits per heavy atom. The van der Waals surface area contributed by atoms with Crippen LogP contribution in [0.5, 0.6) is 5.75 Å². The molecule has 0 atom stereocenters. The molecular weight excluding hydrogens is 294 g/mol. The van der Waals surface area contributed by atoms with Crippen molar-refractivity contribution in [3.63, 3.8) is 0 Å². The van der Waals surface area contributed by atoms with Gasteiger partial charge in [0.1, 0.15) is 11.6 Å². The lowest BCUT2D eigenvalue weighted by Crippen LogP contribution is -1.85. The number of aromatic hydroxyl groups is 1. The number of hydrogen-bond donors (Lipinski definition) is 1. The van der Waals surface area contributed by atoms with Crippen LogP contribution in [0.15, 0.2) is 40.9 Å². The van der Waals surface area contributed by atoms with Crippen LogP contribution >= 0.6 is 27.5 Å². The van der Waals surface area contributed by atoms with Gasteiger partial charge in [0.2, 0.25) is 0 Å². The zero-order valence-electron chi connectivity index (χ0n) is 8.05. The Kier molecular flexibility index (Phi) is 3.17. The second-order valence-corrected chi connectivity index (χ2v) is 4.55.